The molecule has 1 aromatic heterocycles. The molecular weight excluding hydrogens is 488 g/mol. The normalized spacial score (nSPS) is 16.9. The topological polar surface area (TPSA) is 89.0 Å². The molecule has 188 valence electrons. The highest BCUT2D eigenvalue weighted by Gasteiger charge is 2.48. The standard InChI is InChI=1S/C29H26N2O5S/c1-4-17-9-11-18(12-10-17)25-24(26(32)19-7-6-8-20(15-19)35-3)27(33)28(34)31(25)29-30-22-14-13-21(36-5-2)16-23(22)37-29/h6-16,25,32H,4-5H2,1-3H3. The van der Waals surface area contributed by atoms with Gasteiger partial charge in [-0.3, -0.25) is 14.5 Å². The van der Waals surface area contributed by atoms with E-state index in [0.29, 0.717) is 39.9 Å². The number of ether oxygens (including phenoxy) is 2. The van der Waals surface area contributed by atoms with E-state index in [9.17, 15) is 14.7 Å². The third-order valence-corrected chi connectivity index (χ3v) is 7.37. The molecule has 1 unspecified atom stereocenters. The monoisotopic (exact) mass is 514 g/mol. The van der Waals surface area contributed by atoms with Crippen molar-refractivity contribution in [1.82, 2.24) is 4.98 Å². The average Bonchev–Trinajstić information content (AvgIpc) is 3.46. The van der Waals surface area contributed by atoms with Gasteiger partial charge in [0.2, 0.25) is 0 Å². The molecule has 5 rings (SSSR count). The smallest absolute Gasteiger partial charge is 0.301 e. The molecule has 0 saturated carbocycles. The maximum absolute atomic E-state index is 13.5. The van der Waals surface area contributed by atoms with Crippen molar-refractivity contribution in [2.45, 2.75) is 26.3 Å². The molecule has 8 heteroatoms. The molecule has 37 heavy (non-hydrogen) atoms. The summed E-state index contributed by atoms with van der Waals surface area (Å²) >= 11 is 1.30. The zero-order valence-corrected chi connectivity index (χ0v) is 21.5. The molecule has 4 aromatic rings. The number of hydrogen-bond donors (Lipinski definition) is 1. The maximum atomic E-state index is 13.5. The van der Waals surface area contributed by atoms with Crippen molar-refractivity contribution in [1.29, 1.82) is 0 Å². The summed E-state index contributed by atoms with van der Waals surface area (Å²) in [6, 6.07) is 19.2. The van der Waals surface area contributed by atoms with Gasteiger partial charge in [-0.25, -0.2) is 4.98 Å². The quantitative estimate of drug-likeness (QED) is 0.188. The van der Waals surface area contributed by atoms with Gasteiger partial charge in [0.1, 0.15) is 17.3 Å². The minimum atomic E-state index is -0.843. The van der Waals surface area contributed by atoms with E-state index in [1.165, 1.54) is 23.3 Å². The molecule has 0 aliphatic carbocycles. The Morgan fingerprint density at radius 3 is 2.51 bits per heavy atom. The molecule has 0 spiro atoms. The number of aliphatic hydroxyl groups is 1. The van der Waals surface area contributed by atoms with Crippen molar-refractivity contribution in [3.63, 3.8) is 0 Å². The second kappa shape index (κ2) is 10.1. The van der Waals surface area contributed by atoms with Crippen LogP contribution in [0.5, 0.6) is 11.5 Å². The maximum Gasteiger partial charge on any atom is 0.301 e. The first-order valence-electron chi connectivity index (χ1n) is 12.0. The fourth-order valence-electron chi connectivity index (χ4n) is 4.46. The highest BCUT2D eigenvalue weighted by molar-refractivity contribution is 7.22. The second-order valence-corrected chi connectivity index (χ2v) is 9.56. The molecule has 2 heterocycles. The molecule has 1 atom stereocenters. The lowest BCUT2D eigenvalue weighted by molar-refractivity contribution is -0.132. The van der Waals surface area contributed by atoms with Gasteiger partial charge in [-0.1, -0.05) is 54.7 Å². The van der Waals surface area contributed by atoms with Crippen molar-refractivity contribution < 1.29 is 24.2 Å². The number of anilines is 1. The molecule has 1 N–H and O–H groups in total. The summed E-state index contributed by atoms with van der Waals surface area (Å²) in [6.45, 7) is 4.50. The number of benzene rings is 3. The summed E-state index contributed by atoms with van der Waals surface area (Å²) in [7, 11) is 1.53. The summed E-state index contributed by atoms with van der Waals surface area (Å²) < 4.78 is 11.7. The van der Waals surface area contributed by atoms with Gasteiger partial charge in [0.25, 0.3) is 5.78 Å². The molecule has 7 nitrogen and oxygen atoms in total. The van der Waals surface area contributed by atoms with Crippen LogP contribution in [-0.4, -0.2) is 35.5 Å². The van der Waals surface area contributed by atoms with Gasteiger partial charge in [0, 0.05) is 5.56 Å². The van der Waals surface area contributed by atoms with Crippen LogP contribution in [0.1, 0.15) is 36.6 Å². The van der Waals surface area contributed by atoms with Crippen molar-refractivity contribution in [3.8, 4) is 11.5 Å². The van der Waals surface area contributed by atoms with Gasteiger partial charge in [-0.2, -0.15) is 0 Å². The van der Waals surface area contributed by atoms with Gasteiger partial charge in [0.05, 0.1) is 35.5 Å². The summed E-state index contributed by atoms with van der Waals surface area (Å²) in [5.41, 5.74) is 2.92. The Balaban J connectivity index is 1.69. The lowest BCUT2D eigenvalue weighted by atomic mass is 9.94. The molecule has 1 aliphatic heterocycles. The number of amides is 1. The number of aromatic nitrogens is 1. The van der Waals surface area contributed by atoms with Crippen molar-refractivity contribution in [3.05, 3.63) is 89.0 Å². The first-order chi connectivity index (χ1) is 17.9. The fourth-order valence-corrected chi connectivity index (χ4v) is 5.48. The van der Waals surface area contributed by atoms with Crippen molar-refractivity contribution >= 4 is 44.1 Å². The van der Waals surface area contributed by atoms with Gasteiger partial charge >= 0.3 is 5.91 Å². The molecule has 1 amide bonds. The minimum absolute atomic E-state index is 0.0109. The average molecular weight is 515 g/mol. The third-order valence-electron chi connectivity index (χ3n) is 6.36. The first-order valence-corrected chi connectivity index (χ1v) is 12.8. The Labute approximate surface area is 218 Å². The van der Waals surface area contributed by atoms with Crippen LogP contribution in [0.15, 0.2) is 72.3 Å². The predicted octanol–water partition coefficient (Wildman–Crippen LogP) is 5.89. The van der Waals surface area contributed by atoms with Gasteiger partial charge in [0.15, 0.2) is 5.13 Å². The summed E-state index contributed by atoms with van der Waals surface area (Å²) in [6.07, 6.45) is 0.852. The van der Waals surface area contributed by atoms with Crippen LogP contribution >= 0.6 is 11.3 Å². The SMILES string of the molecule is CCOc1ccc2nc(N3C(=O)C(=O)C(=C(O)c4cccc(OC)c4)C3c3ccc(CC)cc3)sc2c1. The van der Waals surface area contributed by atoms with E-state index in [-0.39, 0.29) is 11.3 Å². The Bertz CT molecular complexity index is 1520. The zero-order valence-electron chi connectivity index (χ0n) is 20.7. The third kappa shape index (κ3) is 4.44. The highest BCUT2D eigenvalue weighted by atomic mass is 32.1. The van der Waals surface area contributed by atoms with Gasteiger partial charge in [-0.15, -0.1) is 0 Å². The summed E-state index contributed by atoms with van der Waals surface area (Å²) in [5, 5.41) is 11.7. The molecule has 3 aromatic carbocycles. The first kappa shape index (κ1) is 24.5. The number of carbonyl (C=O) groups is 2. The van der Waals surface area contributed by atoms with E-state index < -0.39 is 17.7 Å². The fraction of sp³-hybridized carbons (Fsp3) is 0.207. The number of rotatable bonds is 7. The van der Waals surface area contributed by atoms with Crippen LogP contribution < -0.4 is 14.4 Å². The molecule has 0 radical (unpaired) electrons. The number of Topliss-reactive ketones (excluding diaryl/α,β-unsaturated/α-hetero) is 1. The molecular formula is C29H26N2O5S. The molecule has 1 saturated heterocycles. The van der Waals surface area contributed by atoms with Crippen LogP contribution in [0, 0.1) is 0 Å². The number of aryl methyl sites for hydroxylation is 1. The van der Waals surface area contributed by atoms with E-state index >= 15 is 0 Å². The number of carbonyl (C=O) groups excluding carboxylic acids is 2. The highest BCUT2D eigenvalue weighted by Crippen LogP contribution is 2.44. The lowest BCUT2D eigenvalue weighted by Crippen LogP contribution is -2.29. The van der Waals surface area contributed by atoms with Gasteiger partial charge in [-0.05, 0) is 54.8 Å². The number of nitrogens with zero attached hydrogens (tertiary/aromatic N) is 2. The number of thiazole rings is 1. The van der Waals surface area contributed by atoms with E-state index in [1.54, 1.807) is 24.3 Å². The van der Waals surface area contributed by atoms with Crippen LogP contribution in [0.2, 0.25) is 0 Å². The Morgan fingerprint density at radius 2 is 1.81 bits per heavy atom. The van der Waals surface area contributed by atoms with Crippen LogP contribution in [-0.2, 0) is 16.0 Å². The van der Waals surface area contributed by atoms with Crippen LogP contribution in [0.4, 0.5) is 5.13 Å². The largest absolute Gasteiger partial charge is 0.507 e. The zero-order chi connectivity index (χ0) is 26.1. The summed E-state index contributed by atoms with van der Waals surface area (Å²) in [5.74, 6) is -0.531. The van der Waals surface area contributed by atoms with E-state index in [2.05, 4.69) is 11.9 Å². The lowest BCUT2D eigenvalue weighted by Gasteiger charge is -2.23. The van der Waals surface area contributed by atoms with E-state index in [1.807, 2.05) is 49.4 Å². The minimum Gasteiger partial charge on any atom is -0.507 e. The second-order valence-electron chi connectivity index (χ2n) is 8.56. The Morgan fingerprint density at radius 1 is 1.03 bits per heavy atom. The molecule has 0 bridgehead atoms. The van der Waals surface area contributed by atoms with Crippen molar-refractivity contribution in [2.75, 3.05) is 18.6 Å². The van der Waals surface area contributed by atoms with E-state index in [4.69, 9.17) is 9.47 Å². The number of ketones is 1. The Kier molecular flexibility index (Phi) is 6.67. The number of hydrogen-bond acceptors (Lipinski definition) is 7. The molecule has 1 fully saturated rings. The van der Waals surface area contributed by atoms with Crippen LogP contribution in [0.3, 0.4) is 0 Å². The van der Waals surface area contributed by atoms with Gasteiger partial charge < -0.3 is 14.6 Å². The molecule has 1 aliphatic rings. The summed E-state index contributed by atoms with van der Waals surface area (Å²) in [4.78, 5) is 33.0. The van der Waals surface area contributed by atoms with Crippen molar-refractivity contribution in [2.24, 2.45) is 0 Å². The number of aliphatic hydroxyl groups excluding tert-OH is 1. The van der Waals surface area contributed by atoms with E-state index in [0.717, 1.165) is 16.7 Å². The Hall–Kier alpha value is -4.17. The van der Waals surface area contributed by atoms with Crippen LogP contribution in [0.25, 0.3) is 16.0 Å². The number of methoxy groups -OCH3 is 1. The predicted molar refractivity (Wildman–Crippen MR) is 144 cm³/mol. The number of fused-ring (bicyclic) bond motifs is 1.